The van der Waals surface area contributed by atoms with Gasteiger partial charge >= 0.3 is 5.97 Å². The van der Waals surface area contributed by atoms with Crippen molar-refractivity contribution in [1.29, 1.82) is 0 Å². The second kappa shape index (κ2) is 7.33. The van der Waals surface area contributed by atoms with E-state index in [9.17, 15) is 9.59 Å². The molecule has 0 aliphatic carbocycles. The zero-order valence-corrected chi connectivity index (χ0v) is 16.0. The number of benzene rings is 1. The molecular formula is C16H11Cl3N2O3S. The van der Waals surface area contributed by atoms with Gasteiger partial charge in [-0.2, -0.15) is 0 Å². The van der Waals surface area contributed by atoms with Crippen molar-refractivity contribution in [2.24, 2.45) is 0 Å². The van der Waals surface area contributed by atoms with Crippen LogP contribution >= 0.6 is 46.1 Å². The number of hydrogen-bond donors (Lipinski definition) is 0. The number of thiophene rings is 1. The van der Waals surface area contributed by atoms with Crippen molar-refractivity contribution < 1.29 is 9.53 Å². The minimum atomic E-state index is -0.552. The number of halogens is 3. The maximum Gasteiger partial charge on any atom is 0.339 e. The Morgan fingerprint density at radius 1 is 1.28 bits per heavy atom. The molecule has 2 heterocycles. The van der Waals surface area contributed by atoms with Gasteiger partial charge in [0.15, 0.2) is 0 Å². The standard InChI is InChI=1S/C16H11Cl3N2O3S/c1-2-24-16(23)9-6-25-14-12(9)15(22)21(7-20-14)5-8-10(17)3-4-11(18)13(8)19/h3-4,6-7H,2,5H2,1H3. The van der Waals surface area contributed by atoms with Crippen LogP contribution in [0.2, 0.25) is 15.1 Å². The van der Waals surface area contributed by atoms with E-state index >= 15 is 0 Å². The van der Waals surface area contributed by atoms with Crippen molar-refractivity contribution in [3.05, 3.63) is 60.4 Å². The molecular weight excluding hydrogens is 407 g/mol. The molecule has 0 saturated heterocycles. The van der Waals surface area contributed by atoms with Gasteiger partial charge in [-0.1, -0.05) is 34.8 Å². The number of hydrogen-bond acceptors (Lipinski definition) is 5. The quantitative estimate of drug-likeness (QED) is 0.458. The number of esters is 1. The van der Waals surface area contributed by atoms with Crippen molar-refractivity contribution in [2.45, 2.75) is 13.5 Å². The van der Waals surface area contributed by atoms with Crippen LogP contribution in [0.15, 0.2) is 28.6 Å². The molecule has 0 amide bonds. The van der Waals surface area contributed by atoms with E-state index in [1.165, 1.54) is 22.2 Å². The molecule has 5 nitrogen and oxygen atoms in total. The normalized spacial score (nSPS) is 11.0. The first-order valence-electron chi connectivity index (χ1n) is 7.20. The molecule has 0 aliphatic heterocycles. The van der Waals surface area contributed by atoms with E-state index in [0.717, 1.165) is 0 Å². The van der Waals surface area contributed by atoms with Gasteiger partial charge in [-0.15, -0.1) is 11.3 Å². The van der Waals surface area contributed by atoms with Crippen LogP contribution in [0.25, 0.3) is 10.2 Å². The fourth-order valence-electron chi connectivity index (χ4n) is 2.32. The molecule has 0 N–H and O–H groups in total. The second-order valence-electron chi connectivity index (χ2n) is 5.05. The van der Waals surface area contributed by atoms with E-state index in [2.05, 4.69) is 4.98 Å². The van der Waals surface area contributed by atoms with E-state index in [-0.39, 0.29) is 34.7 Å². The average Bonchev–Trinajstić information content (AvgIpc) is 3.02. The van der Waals surface area contributed by atoms with E-state index in [0.29, 0.717) is 20.4 Å². The number of aromatic nitrogens is 2. The highest BCUT2D eigenvalue weighted by molar-refractivity contribution is 7.17. The molecule has 130 valence electrons. The van der Waals surface area contributed by atoms with Crippen LogP contribution in [0.1, 0.15) is 22.8 Å². The molecule has 0 fully saturated rings. The molecule has 0 atom stereocenters. The molecule has 0 unspecified atom stereocenters. The Labute approximate surface area is 161 Å². The molecule has 3 aromatic rings. The molecule has 2 aromatic heterocycles. The molecule has 0 radical (unpaired) electrons. The maximum absolute atomic E-state index is 12.8. The predicted octanol–water partition coefficient (Wildman–Crippen LogP) is 4.64. The van der Waals surface area contributed by atoms with E-state index in [4.69, 9.17) is 39.5 Å². The molecule has 9 heteroatoms. The summed E-state index contributed by atoms with van der Waals surface area (Å²) in [4.78, 5) is 29.6. The fourth-order valence-corrected chi connectivity index (χ4v) is 3.86. The molecule has 1 aromatic carbocycles. The van der Waals surface area contributed by atoms with Crippen LogP contribution in [0.3, 0.4) is 0 Å². The lowest BCUT2D eigenvalue weighted by Gasteiger charge is -2.10. The van der Waals surface area contributed by atoms with E-state index < -0.39 is 5.97 Å². The summed E-state index contributed by atoms with van der Waals surface area (Å²) in [5.41, 5.74) is 0.338. The Kier molecular flexibility index (Phi) is 5.34. The summed E-state index contributed by atoms with van der Waals surface area (Å²) in [6.45, 7) is 2.00. The zero-order chi connectivity index (χ0) is 18.1. The van der Waals surface area contributed by atoms with Crippen LogP contribution < -0.4 is 5.56 Å². The molecule has 0 spiro atoms. The minimum Gasteiger partial charge on any atom is -0.462 e. The van der Waals surface area contributed by atoms with E-state index in [1.807, 2.05) is 0 Å². The molecule has 0 aliphatic rings. The lowest BCUT2D eigenvalue weighted by molar-refractivity contribution is 0.0529. The molecule has 25 heavy (non-hydrogen) atoms. The first kappa shape index (κ1) is 18.2. The second-order valence-corrected chi connectivity index (χ2v) is 7.10. The summed E-state index contributed by atoms with van der Waals surface area (Å²) in [5.74, 6) is -0.552. The van der Waals surface area contributed by atoms with Crippen LogP contribution in [0.5, 0.6) is 0 Å². The van der Waals surface area contributed by atoms with Crippen molar-refractivity contribution in [3.63, 3.8) is 0 Å². The van der Waals surface area contributed by atoms with Gasteiger partial charge in [0, 0.05) is 16.0 Å². The topological polar surface area (TPSA) is 61.2 Å². The zero-order valence-electron chi connectivity index (χ0n) is 12.9. The molecule has 0 saturated carbocycles. The Hall–Kier alpha value is -1.60. The fraction of sp³-hybridized carbons (Fsp3) is 0.188. The summed E-state index contributed by atoms with van der Waals surface area (Å²) < 4.78 is 6.33. The highest BCUT2D eigenvalue weighted by Crippen LogP contribution is 2.32. The number of carbonyl (C=O) groups excluding carboxylic acids is 1. The number of nitrogens with zero attached hydrogens (tertiary/aromatic N) is 2. The minimum absolute atomic E-state index is 0.0815. The van der Waals surface area contributed by atoms with Gasteiger partial charge in [-0.3, -0.25) is 9.36 Å². The van der Waals surface area contributed by atoms with Gasteiger partial charge in [-0.25, -0.2) is 9.78 Å². The first-order chi connectivity index (χ1) is 11.9. The third kappa shape index (κ3) is 3.40. The van der Waals surface area contributed by atoms with Gasteiger partial charge in [0.2, 0.25) is 0 Å². The average molecular weight is 418 g/mol. The predicted molar refractivity (Wildman–Crippen MR) is 100 cm³/mol. The Balaban J connectivity index is 2.12. The van der Waals surface area contributed by atoms with Gasteiger partial charge in [0.25, 0.3) is 5.56 Å². The van der Waals surface area contributed by atoms with Crippen molar-refractivity contribution in [3.8, 4) is 0 Å². The largest absolute Gasteiger partial charge is 0.462 e. The van der Waals surface area contributed by atoms with Crippen molar-refractivity contribution in [2.75, 3.05) is 6.61 Å². The molecule has 0 bridgehead atoms. The smallest absolute Gasteiger partial charge is 0.339 e. The van der Waals surface area contributed by atoms with Crippen molar-refractivity contribution in [1.82, 2.24) is 9.55 Å². The van der Waals surface area contributed by atoms with Gasteiger partial charge in [-0.05, 0) is 19.1 Å². The van der Waals surface area contributed by atoms with Crippen LogP contribution in [-0.2, 0) is 11.3 Å². The van der Waals surface area contributed by atoms with Crippen molar-refractivity contribution >= 4 is 62.3 Å². The maximum atomic E-state index is 12.8. The lowest BCUT2D eigenvalue weighted by Crippen LogP contribution is -2.22. The SMILES string of the molecule is CCOC(=O)c1csc2ncn(Cc3c(Cl)ccc(Cl)c3Cl)c(=O)c12. The Morgan fingerprint density at radius 2 is 2.00 bits per heavy atom. The third-order valence-corrected chi connectivity index (χ3v) is 5.61. The van der Waals surface area contributed by atoms with E-state index in [1.54, 1.807) is 24.4 Å². The van der Waals surface area contributed by atoms with Crippen LogP contribution in [-0.4, -0.2) is 22.1 Å². The number of fused-ring (bicyclic) bond motifs is 1. The number of rotatable bonds is 4. The summed E-state index contributed by atoms with van der Waals surface area (Å²) in [6.07, 6.45) is 1.39. The lowest BCUT2D eigenvalue weighted by atomic mass is 10.2. The number of carbonyl (C=O) groups is 1. The summed E-state index contributed by atoms with van der Waals surface area (Å²) >= 11 is 19.6. The highest BCUT2D eigenvalue weighted by atomic mass is 35.5. The molecule has 3 rings (SSSR count). The summed E-state index contributed by atoms with van der Waals surface area (Å²) in [6, 6.07) is 3.19. The monoisotopic (exact) mass is 416 g/mol. The Bertz CT molecular complexity index is 1030. The highest BCUT2D eigenvalue weighted by Gasteiger charge is 2.19. The first-order valence-corrected chi connectivity index (χ1v) is 9.21. The third-order valence-electron chi connectivity index (χ3n) is 3.52. The number of ether oxygens (including phenoxy) is 1. The van der Waals surface area contributed by atoms with Gasteiger partial charge in [0.1, 0.15) is 4.83 Å². The van der Waals surface area contributed by atoms with Gasteiger partial charge < -0.3 is 4.74 Å². The summed E-state index contributed by atoms with van der Waals surface area (Å²) in [7, 11) is 0. The Morgan fingerprint density at radius 3 is 2.72 bits per heavy atom. The van der Waals surface area contributed by atoms with Crippen LogP contribution in [0.4, 0.5) is 0 Å². The van der Waals surface area contributed by atoms with Gasteiger partial charge in [0.05, 0.1) is 40.5 Å². The summed E-state index contributed by atoms with van der Waals surface area (Å²) in [5, 5.41) is 2.79. The van der Waals surface area contributed by atoms with Crippen LogP contribution in [0, 0.1) is 0 Å².